The van der Waals surface area contributed by atoms with Crippen LogP contribution in [-0.2, 0) is 4.79 Å². The third-order valence-electron chi connectivity index (χ3n) is 2.96. The van der Waals surface area contributed by atoms with E-state index in [2.05, 4.69) is 5.32 Å². The minimum atomic E-state index is -0.393. The first-order valence-electron chi connectivity index (χ1n) is 6.38. The molecule has 1 aromatic carbocycles. The van der Waals surface area contributed by atoms with E-state index in [4.69, 9.17) is 19.9 Å². The van der Waals surface area contributed by atoms with Gasteiger partial charge < -0.3 is 25.3 Å². The summed E-state index contributed by atoms with van der Waals surface area (Å²) in [7, 11) is 4.69. The second-order valence-corrected chi connectivity index (χ2v) is 4.23. The van der Waals surface area contributed by atoms with Crippen LogP contribution in [0.4, 0.5) is 0 Å². The molecule has 0 spiro atoms. The van der Waals surface area contributed by atoms with E-state index in [1.54, 1.807) is 33.5 Å². The van der Waals surface area contributed by atoms with Gasteiger partial charge in [-0.3, -0.25) is 4.79 Å². The Morgan fingerprint density at radius 2 is 1.75 bits per heavy atom. The minimum absolute atomic E-state index is 0.160. The van der Waals surface area contributed by atoms with Crippen molar-refractivity contribution in [3.05, 3.63) is 17.7 Å². The summed E-state index contributed by atoms with van der Waals surface area (Å²) in [5, 5.41) is 3.22. The maximum absolute atomic E-state index is 11.3. The summed E-state index contributed by atoms with van der Waals surface area (Å²) in [4.78, 5) is 11.3. The molecule has 1 rings (SSSR count). The highest BCUT2D eigenvalue weighted by Crippen LogP contribution is 2.39. The molecule has 0 saturated heterocycles. The lowest BCUT2D eigenvalue weighted by Gasteiger charge is -2.22. The highest BCUT2D eigenvalue weighted by molar-refractivity contribution is 5.75. The molecule has 0 heterocycles. The molecule has 0 aliphatic carbocycles. The zero-order valence-electron chi connectivity index (χ0n) is 12.4. The van der Waals surface area contributed by atoms with E-state index >= 15 is 0 Å². The third kappa shape index (κ3) is 3.77. The molecular formula is C14H22N2O4. The van der Waals surface area contributed by atoms with E-state index < -0.39 is 5.91 Å². The molecule has 0 radical (unpaired) electrons. The molecule has 0 bridgehead atoms. The van der Waals surface area contributed by atoms with Gasteiger partial charge in [-0.15, -0.1) is 0 Å². The van der Waals surface area contributed by atoms with Crippen molar-refractivity contribution in [3.8, 4) is 17.2 Å². The Balaban J connectivity index is 3.32. The fourth-order valence-electron chi connectivity index (χ4n) is 2.10. The molecule has 1 amide bonds. The molecule has 0 aromatic heterocycles. The van der Waals surface area contributed by atoms with Crippen LogP contribution in [0.15, 0.2) is 12.1 Å². The van der Waals surface area contributed by atoms with Crippen LogP contribution in [0.1, 0.15) is 24.9 Å². The van der Waals surface area contributed by atoms with Crippen molar-refractivity contribution in [2.24, 2.45) is 5.73 Å². The molecular weight excluding hydrogens is 260 g/mol. The monoisotopic (exact) mass is 282 g/mol. The molecule has 112 valence electrons. The number of carbonyl (C=O) groups excluding carboxylic acids is 1. The van der Waals surface area contributed by atoms with Crippen molar-refractivity contribution in [2.45, 2.75) is 19.4 Å². The second-order valence-electron chi connectivity index (χ2n) is 4.23. The van der Waals surface area contributed by atoms with Crippen LogP contribution in [0.25, 0.3) is 0 Å². The van der Waals surface area contributed by atoms with Gasteiger partial charge in [0.15, 0.2) is 0 Å². The molecule has 3 N–H and O–H groups in total. The number of rotatable bonds is 8. The van der Waals surface area contributed by atoms with Crippen molar-refractivity contribution in [1.29, 1.82) is 0 Å². The first-order valence-corrected chi connectivity index (χ1v) is 6.38. The lowest BCUT2D eigenvalue weighted by atomic mass is 10.0. The Labute approximate surface area is 119 Å². The number of nitrogens with two attached hydrogens (primary N) is 1. The van der Waals surface area contributed by atoms with Gasteiger partial charge in [0.1, 0.15) is 17.2 Å². The Morgan fingerprint density at radius 3 is 2.10 bits per heavy atom. The van der Waals surface area contributed by atoms with Crippen LogP contribution in [0.2, 0.25) is 0 Å². The predicted molar refractivity (Wildman–Crippen MR) is 76.3 cm³/mol. The summed E-state index contributed by atoms with van der Waals surface area (Å²) in [5.41, 5.74) is 6.08. The fourth-order valence-corrected chi connectivity index (χ4v) is 2.10. The van der Waals surface area contributed by atoms with Gasteiger partial charge in [-0.2, -0.15) is 0 Å². The van der Waals surface area contributed by atoms with E-state index in [0.717, 1.165) is 5.56 Å². The molecule has 0 aliphatic heterocycles. The largest absolute Gasteiger partial charge is 0.496 e. The number of nitrogens with one attached hydrogen (secondary N) is 1. The van der Waals surface area contributed by atoms with Gasteiger partial charge in [-0.1, -0.05) is 6.92 Å². The minimum Gasteiger partial charge on any atom is -0.496 e. The highest BCUT2D eigenvalue weighted by Gasteiger charge is 2.23. The number of hydrogen-bond acceptors (Lipinski definition) is 5. The second kappa shape index (κ2) is 7.59. The van der Waals surface area contributed by atoms with Crippen LogP contribution < -0.4 is 25.3 Å². The lowest BCUT2D eigenvalue weighted by Crippen LogP contribution is -2.27. The van der Waals surface area contributed by atoms with Gasteiger partial charge >= 0.3 is 0 Å². The van der Waals surface area contributed by atoms with Gasteiger partial charge in [0.25, 0.3) is 0 Å². The van der Waals surface area contributed by atoms with Crippen LogP contribution in [0, 0.1) is 0 Å². The first kappa shape index (κ1) is 16.1. The van der Waals surface area contributed by atoms with E-state index in [1.165, 1.54) is 0 Å². The van der Waals surface area contributed by atoms with Gasteiger partial charge in [-0.05, 0) is 6.54 Å². The SMILES string of the molecule is CCNC(CC(N)=O)c1c(OC)cc(OC)cc1OC. The maximum atomic E-state index is 11.3. The Morgan fingerprint density at radius 1 is 1.20 bits per heavy atom. The van der Waals surface area contributed by atoms with E-state index in [0.29, 0.717) is 23.8 Å². The van der Waals surface area contributed by atoms with Crippen LogP contribution in [0.3, 0.4) is 0 Å². The Kier molecular flexibility index (Phi) is 6.11. The summed E-state index contributed by atoms with van der Waals surface area (Å²) in [6, 6.07) is 3.24. The number of ether oxygens (including phenoxy) is 3. The summed E-state index contributed by atoms with van der Waals surface area (Å²) in [6.07, 6.45) is 0.160. The quantitative estimate of drug-likeness (QED) is 0.749. The smallest absolute Gasteiger partial charge is 0.219 e. The van der Waals surface area contributed by atoms with Crippen molar-refractivity contribution < 1.29 is 19.0 Å². The molecule has 0 aliphatic rings. The number of benzene rings is 1. The van der Waals surface area contributed by atoms with Gasteiger partial charge in [0.05, 0.1) is 26.9 Å². The zero-order chi connectivity index (χ0) is 15.1. The van der Waals surface area contributed by atoms with E-state index in [-0.39, 0.29) is 12.5 Å². The van der Waals surface area contributed by atoms with Gasteiger partial charge in [0.2, 0.25) is 5.91 Å². The Hall–Kier alpha value is -1.95. The standard InChI is InChI=1S/C14H22N2O4/c1-5-16-10(8-13(15)17)14-11(19-3)6-9(18-2)7-12(14)20-4/h6-7,10,16H,5,8H2,1-4H3,(H2,15,17). The summed E-state index contributed by atoms with van der Waals surface area (Å²) in [5.74, 6) is 1.41. The Bertz CT molecular complexity index is 437. The molecule has 0 saturated carbocycles. The molecule has 1 atom stereocenters. The molecule has 6 heteroatoms. The van der Waals surface area contributed by atoms with Crippen molar-refractivity contribution in [2.75, 3.05) is 27.9 Å². The number of carbonyl (C=O) groups is 1. The first-order chi connectivity index (χ1) is 9.57. The highest BCUT2D eigenvalue weighted by atomic mass is 16.5. The van der Waals surface area contributed by atoms with Crippen molar-refractivity contribution in [3.63, 3.8) is 0 Å². The van der Waals surface area contributed by atoms with E-state index in [9.17, 15) is 4.79 Å². The number of primary amides is 1. The molecule has 1 aromatic rings. The predicted octanol–water partition coefficient (Wildman–Crippen LogP) is 1.24. The van der Waals surface area contributed by atoms with Crippen molar-refractivity contribution in [1.82, 2.24) is 5.32 Å². The lowest BCUT2D eigenvalue weighted by molar-refractivity contribution is -0.118. The molecule has 6 nitrogen and oxygen atoms in total. The van der Waals surface area contributed by atoms with Gasteiger partial charge in [0, 0.05) is 24.6 Å². The zero-order valence-corrected chi connectivity index (χ0v) is 12.4. The van der Waals surface area contributed by atoms with Crippen LogP contribution in [0.5, 0.6) is 17.2 Å². The maximum Gasteiger partial charge on any atom is 0.219 e. The summed E-state index contributed by atoms with van der Waals surface area (Å²) >= 11 is 0. The van der Waals surface area contributed by atoms with Crippen LogP contribution >= 0.6 is 0 Å². The van der Waals surface area contributed by atoms with Gasteiger partial charge in [-0.25, -0.2) is 0 Å². The van der Waals surface area contributed by atoms with Crippen molar-refractivity contribution >= 4 is 5.91 Å². The third-order valence-corrected chi connectivity index (χ3v) is 2.96. The summed E-state index contributed by atoms with van der Waals surface area (Å²) < 4.78 is 16.0. The topological polar surface area (TPSA) is 82.8 Å². The summed E-state index contributed by atoms with van der Waals surface area (Å²) in [6.45, 7) is 2.65. The molecule has 1 unspecified atom stereocenters. The normalized spacial score (nSPS) is 11.8. The molecule has 20 heavy (non-hydrogen) atoms. The fraction of sp³-hybridized carbons (Fsp3) is 0.500. The molecule has 0 fully saturated rings. The van der Waals surface area contributed by atoms with Crippen LogP contribution in [-0.4, -0.2) is 33.8 Å². The number of amides is 1. The average molecular weight is 282 g/mol. The average Bonchev–Trinajstić information content (AvgIpc) is 2.44. The number of hydrogen-bond donors (Lipinski definition) is 2. The number of methoxy groups -OCH3 is 3. The van der Waals surface area contributed by atoms with E-state index in [1.807, 2.05) is 6.92 Å².